The van der Waals surface area contributed by atoms with Crippen molar-refractivity contribution in [3.8, 4) is 6.07 Å². The Bertz CT molecular complexity index is 575. The normalized spacial score (nSPS) is 11.6. The van der Waals surface area contributed by atoms with Gasteiger partial charge in [0.1, 0.15) is 6.07 Å². The first-order chi connectivity index (χ1) is 8.70. The van der Waals surface area contributed by atoms with Crippen molar-refractivity contribution in [2.75, 3.05) is 5.32 Å². The molecular weight excluding hydrogens is 246 g/mol. The standard InChI is InChI=1S/C14H12ClN3/c1-10(14-4-2-3-7-17-14)18-12-6-5-11(9-16)13(15)8-12/h2-8,10,18H,1H3. The van der Waals surface area contributed by atoms with Gasteiger partial charge in [-0.1, -0.05) is 17.7 Å². The molecule has 1 heterocycles. The third-order valence-electron chi connectivity index (χ3n) is 2.60. The Labute approximate surface area is 111 Å². The number of halogens is 1. The van der Waals surface area contributed by atoms with Gasteiger partial charge in [-0.2, -0.15) is 5.26 Å². The van der Waals surface area contributed by atoms with Crippen LogP contribution < -0.4 is 5.32 Å². The Kier molecular flexibility index (Phi) is 3.81. The highest BCUT2D eigenvalue weighted by atomic mass is 35.5. The van der Waals surface area contributed by atoms with Crippen LogP contribution in [0.5, 0.6) is 0 Å². The number of nitrogens with one attached hydrogen (secondary N) is 1. The maximum Gasteiger partial charge on any atom is 0.101 e. The third kappa shape index (κ3) is 2.79. The molecule has 0 amide bonds. The summed E-state index contributed by atoms with van der Waals surface area (Å²) in [6.07, 6.45) is 1.76. The van der Waals surface area contributed by atoms with Gasteiger partial charge < -0.3 is 5.32 Å². The Morgan fingerprint density at radius 2 is 2.17 bits per heavy atom. The molecule has 1 unspecified atom stereocenters. The van der Waals surface area contributed by atoms with Gasteiger partial charge in [0.15, 0.2) is 0 Å². The molecule has 2 aromatic rings. The summed E-state index contributed by atoms with van der Waals surface area (Å²) < 4.78 is 0. The minimum atomic E-state index is 0.0789. The maximum absolute atomic E-state index is 8.80. The summed E-state index contributed by atoms with van der Waals surface area (Å²) in [5.41, 5.74) is 2.31. The van der Waals surface area contributed by atoms with Crippen LogP contribution in [-0.2, 0) is 0 Å². The summed E-state index contributed by atoms with van der Waals surface area (Å²) in [7, 11) is 0. The monoisotopic (exact) mass is 257 g/mol. The summed E-state index contributed by atoms with van der Waals surface area (Å²) in [5, 5.41) is 12.6. The van der Waals surface area contributed by atoms with E-state index in [1.165, 1.54) is 0 Å². The van der Waals surface area contributed by atoms with Crippen LogP contribution in [0.3, 0.4) is 0 Å². The average molecular weight is 258 g/mol. The average Bonchev–Trinajstić information content (AvgIpc) is 2.40. The van der Waals surface area contributed by atoms with E-state index in [-0.39, 0.29) is 6.04 Å². The lowest BCUT2D eigenvalue weighted by Gasteiger charge is -2.15. The lowest BCUT2D eigenvalue weighted by atomic mass is 10.1. The number of nitriles is 1. The molecule has 0 aliphatic rings. The second-order valence-corrected chi connectivity index (χ2v) is 4.33. The van der Waals surface area contributed by atoms with Crippen LogP contribution in [0.15, 0.2) is 42.6 Å². The molecule has 0 saturated carbocycles. The fourth-order valence-corrected chi connectivity index (χ4v) is 1.87. The van der Waals surface area contributed by atoms with Crippen molar-refractivity contribution < 1.29 is 0 Å². The smallest absolute Gasteiger partial charge is 0.101 e. The molecule has 0 spiro atoms. The predicted octanol–water partition coefficient (Wildman–Crippen LogP) is 3.78. The SMILES string of the molecule is CC(Nc1ccc(C#N)c(Cl)c1)c1ccccn1. The van der Waals surface area contributed by atoms with Crippen LogP contribution in [0.4, 0.5) is 5.69 Å². The predicted molar refractivity (Wildman–Crippen MR) is 72.4 cm³/mol. The molecule has 0 aliphatic carbocycles. The van der Waals surface area contributed by atoms with E-state index in [1.807, 2.05) is 37.3 Å². The molecule has 4 heteroatoms. The van der Waals surface area contributed by atoms with E-state index in [0.717, 1.165) is 11.4 Å². The Morgan fingerprint density at radius 3 is 2.78 bits per heavy atom. The zero-order chi connectivity index (χ0) is 13.0. The van der Waals surface area contributed by atoms with Crippen molar-refractivity contribution in [3.05, 3.63) is 58.9 Å². The first-order valence-electron chi connectivity index (χ1n) is 5.58. The van der Waals surface area contributed by atoms with Gasteiger partial charge in [-0.05, 0) is 37.3 Å². The van der Waals surface area contributed by atoms with Crippen molar-refractivity contribution in [2.24, 2.45) is 0 Å². The number of hydrogen-bond donors (Lipinski definition) is 1. The summed E-state index contributed by atoms with van der Waals surface area (Å²) >= 11 is 5.98. The van der Waals surface area contributed by atoms with Gasteiger partial charge in [-0.3, -0.25) is 4.98 Å². The molecule has 3 nitrogen and oxygen atoms in total. The molecular formula is C14H12ClN3. The largest absolute Gasteiger partial charge is 0.377 e. The van der Waals surface area contributed by atoms with Gasteiger partial charge in [0.25, 0.3) is 0 Å². The van der Waals surface area contributed by atoms with E-state index < -0.39 is 0 Å². The van der Waals surface area contributed by atoms with Gasteiger partial charge in [0.2, 0.25) is 0 Å². The number of hydrogen-bond acceptors (Lipinski definition) is 3. The molecule has 1 aromatic heterocycles. The zero-order valence-corrected chi connectivity index (χ0v) is 10.6. The summed E-state index contributed by atoms with van der Waals surface area (Å²) in [6, 6.07) is 13.2. The Morgan fingerprint density at radius 1 is 1.33 bits per heavy atom. The molecule has 1 N–H and O–H groups in total. The van der Waals surface area contributed by atoms with Gasteiger partial charge in [-0.25, -0.2) is 0 Å². The third-order valence-corrected chi connectivity index (χ3v) is 2.92. The molecule has 0 radical (unpaired) electrons. The minimum absolute atomic E-state index is 0.0789. The van der Waals surface area contributed by atoms with Gasteiger partial charge in [0, 0.05) is 11.9 Å². The number of pyridine rings is 1. The van der Waals surface area contributed by atoms with Crippen LogP contribution in [0, 0.1) is 11.3 Å². The molecule has 0 saturated heterocycles. The van der Waals surface area contributed by atoms with Crippen LogP contribution in [-0.4, -0.2) is 4.98 Å². The van der Waals surface area contributed by atoms with E-state index in [4.69, 9.17) is 16.9 Å². The lowest BCUT2D eigenvalue weighted by Crippen LogP contribution is -2.08. The van der Waals surface area contributed by atoms with Crippen molar-refractivity contribution >= 4 is 17.3 Å². The molecule has 0 aliphatic heterocycles. The highest BCUT2D eigenvalue weighted by Crippen LogP contribution is 2.23. The molecule has 18 heavy (non-hydrogen) atoms. The summed E-state index contributed by atoms with van der Waals surface area (Å²) in [4.78, 5) is 4.28. The highest BCUT2D eigenvalue weighted by molar-refractivity contribution is 6.32. The van der Waals surface area contributed by atoms with Crippen LogP contribution in [0.25, 0.3) is 0 Å². The topological polar surface area (TPSA) is 48.7 Å². The van der Waals surface area contributed by atoms with Gasteiger partial charge in [-0.15, -0.1) is 0 Å². The molecule has 1 atom stereocenters. The number of rotatable bonds is 3. The zero-order valence-electron chi connectivity index (χ0n) is 9.89. The number of aromatic nitrogens is 1. The van der Waals surface area contributed by atoms with Crippen molar-refractivity contribution in [1.29, 1.82) is 5.26 Å². The van der Waals surface area contributed by atoms with E-state index in [1.54, 1.807) is 18.3 Å². The second kappa shape index (κ2) is 5.52. The first-order valence-corrected chi connectivity index (χ1v) is 5.95. The maximum atomic E-state index is 8.80. The quantitative estimate of drug-likeness (QED) is 0.910. The molecule has 2 rings (SSSR count). The highest BCUT2D eigenvalue weighted by Gasteiger charge is 2.07. The summed E-state index contributed by atoms with van der Waals surface area (Å²) in [6.45, 7) is 2.02. The molecule has 1 aromatic carbocycles. The number of anilines is 1. The second-order valence-electron chi connectivity index (χ2n) is 3.93. The number of nitrogens with zero attached hydrogens (tertiary/aromatic N) is 2. The minimum Gasteiger partial charge on any atom is -0.377 e. The molecule has 0 fully saturated rings. The number of benzene rings is 1. The first kappa shape index (κ1) is 12.4. The Hall–Kier alpha value is -2.05. The van der Waals surface area contributed by atoms with Crippen LogP contribution in [0.1, 0.15) is 24.2 Å². The van der Waals surface area contributed by atoms with Crippen LogP contribution in [0.2, 0.25) is 5.02 Å². The van der Waals surface area contributed by atoms with E-state index >= 15 is 0 Å². The van der Waals surface area contributed by atoms with E-state index in [0.29, 0.717) is 10.6 Å². The van der Waals surface area contributed by atoms with Crippen LogP contribution >= 0.6 is 11.6 Å². The fraction of sp³-hybridized carbons (Fsp3) is 0.143. The van der Waals surface area contributed by atoms with Crippen molar-refractivity contribution in [2.45, 2.75) is 13.0 Å². The van der Waals surface area contributed by atoms with Gasteiger partial charge >= 0.3 is 0 Å². The van der Waals surface area contributed by atoms with Crippen molar-refractivity contribution in [1.82, 2.24) is 4.98 Å². The Balaban J connectivity index is 2.15. The van der Waals surface area contributed by atoms with E-state index in [2.05, 4.69) is 10.3 Å². The van der Waals surface area contributed by atoms with Crippen molar-refractivity contribution in [3.63, 3.8) is 0 Å². The summed E-state index contributed by atoms with van der Waals surface area (Å²) in [5.74, 6) is 0. The van der Waals surface area contributed by atoms with Gasteiger partial charge in [0.05, 0.1) is 22.3 Å². The molecule has 0 bridgehead atoms. The van der Waals surface area contributed by atoms with E-state index in [9.17, 15) is 0 Å². The lowest BCUT2D eigenvalue weighted by molar-refractivity contribution is 0.839. The molecule has 90 valence electrons. The fourth-order valence-electron chi connectivity index (χ4n) is 1.65.